The number of ether oxygens (including phenoxy) is 1. The van der Waals surface area contributed by atoms with Crippen LogP contribution in [0.15, 0.2) is 18.2 Å². The van der Waals surface area contributed by atoms with Gasteiger partial charge in [-0.15, -0.1) is 0 Å². The third-order valence-corrected chi connectivity index (χ3v) is 2.05. The summed E-state index contributed by atoms with van der Waals surface area (Å²) in [5.41, 5.74) is 1.86. The highest BCUT2D eigenvalue weighted by Gasteiger charge is 2.10. The lowest BCUT2D eigenvalue weighted by atomic mass is 10.0. The van der Waals surface area contributed by atoms with Crippen LogP contribution in [0.3, 0.4) is 0 Å². The Morgan fingerprint density at radius 3 is 2.53 bits per heavy atom. The molecule has 0 saturated carbocycles. The standard InChI is InChI=1S/C11H12O4/c1-7-5-8(6-10(12)13)3-4-9(7)11(14)15-2/h3-5H,6H2,1-2H3,(H,12,13). The van der Waals surface area contributed by atoms with E-state index in [4.69, 9.17) is 5.11 Å². The Morgan fingerprint density at radius 2 is 2.07 bits per heavy atom. The minimum absolute atomic E-state index is 0.0394. The highest BCUT2D eigenvalue weighted by atomic mass is 16.5. The van der Waals surface area contributed by atoms with E-state index in [1.165, 1.54) is 7.11 Å². The second kappa shape index (κ2) is 4.59. The molecule has 1 N–H and O–H groups in total. The van der Waals surface area contributed by atoms with Crippen molar-refractivity contribution in [2.24, 2.45) is 0 Å². The molecule has 0 aliphatic heterocycles. The fourth-order valence-corrected chi connectivity index (χ4v) is 1.35. The fraction of sp³-hybridized carbons (Fsp3) is 0.273. The van der Waals surface area contributed by atoms with Crippen molar-refractivity contribution in [2.75, 3.05) is 7.11 Å². The number of methoxy groups -OCH3 is 1. The van der Waals surface area contributed by atoms with E-state index in [1.807, 2.05) is 0 Å². The van der Waals surface area contributed by atoms with Crippen molar-refractivity contribution < 1.29 is 19.4 Å². The lowest BCUT2D eigenvalue weighted by molar-refractivity contribution is -0.136. The second-order valence-corrected chi connectivity index (χ2v) is 3.21. The maximum Gasteiger partial charge on any atom is 0.338 e. The van der Waals surface area contributed by atoms with Crippen molar-refractivity contribution in [3.05, 3.63) is 34.9 Å². The van der Waals surface area contributed by atoms with E-state index in [1.54, 1.807) is 25.1 Å². The Labute approximate surface area is 87.5 Å². The van der Waals surface area contributed by atoms with Gasteiger partial charge in [-0.25, -0.2) is 4.79 Å². The molecule has 1 aromatic rings. The monoisotopic (exact) mass is 208 g/mol. The number of aliphatic carboxylic acids is 1. The Bertz CT molecular complexity index is 396. The molecular weight excluding hydrogens is 196 g/mol. The van der Waals surface area contributed by atoms with E-state index in [0.717, 1.165) is 5.56 Å². The Morgan fingerprint density at radius 1 is 1.40 bits per heavy atom. The first-order valence-corrected chi connectivity index (χ1v) is 4.44. The van der Waals surface area contributed by atoms with Gasteiger partial charge in [0, 0.05) is 0 Å². The maximum atomic E-state index is 11.2. The molecule has 1 rings (SSSR count). The molecule has 0 aliphatic rings. The van der Waals surface area contributed by atoms with Gasteiger partial charge < -0.3 is 9.84 Å². The highest BCUT2D eigenvalue weighted by molar-refractivity contribution is 5.91. The summed E-state index contributed by atoms with van der Waals surface area (Å²) in [5.74, 6) is -1.30. The number of carbonyl (C=O) groups is 2. The van der Waals surface area contributed by atoms with Gasteiger partial charge in [0.25, 0.3) is 0 Å². The van der Waals surface area contributed by atoms with Crippen molar-refractivity contribution in [3.63, 3.8) is 0 Å². The number of carboxylic acid groups (broad SMARTS) is 1. The summed E-state index contributed by atoms with van der Waals surface area (Å²) in [6, 6.07) is 4.88. The molecule has 15 heavy (non-hydrogen) atoms. The molecule has 0 fully saturated rings. The zero-order chi connectivity index (χ0) is 11.4. The predicted octanol–water partition coefficient (Wildman–Crippen LogP) is 1.41. The minimum Gasteiger partial charge on any atom is -0.481 e. The topological polar surface area (TPSA) is 63.6 Å². The number of esters is 1. The highest BCUT2D eigenvalue weighted by Crippen LogP contribution is 2.12. The number of carbonyl (C=O) groups excluding carboxylic acids is 1. The van der Waals surface area contributed by atoms with Gasteiger partial charge in [0.2, 0.25) is 0 Å². The second-order valence-electron chi connectivity index (χ2n) is 3.21. The first kappa shape index (κ1) is 11.2. The van der Waals surface area contributed by atoms with Crippen molar-refractivity contribution in [1.29, 1.82) is 0 Å². The number of carboxylic acids is 1. The Balaban J connectivity index is 2.97. The van der Waals surface area contributed by atoms with Crippen LogP contribution in [0.5, 0.6) is 0 Å². The predicted molar refractivity (Wildman–Crippen MR) is 53.9 cm³/mol. The number of benzene rings is 1. The lowest BCUT2D eigenvalue weighted by Crippen LogP contribution is -2.06. The smallest absolute Gasteiger partial charge is 0.338 e. The molecule has 4 heteroatoms. The van der Waals surface area contributed by atoms with Crippen LogP contribution in [-0.2, 0) is 16.0 Å². The van der Waals surface area contributed by atoms with Gasteiger partial charge in [-0.1, -0.05) is 12.1 Å². The molecule has 0 spiro atoms. The molecule has 4 nitrogen and oxygen atoms in total. The fourth-order valence-electron chi connectivity index (χ4n) is 1.35. The van der Waals surface area contributed by atoms with Crippen molar-refractivity contribution in [2.45, 2.75) is 13.3 Å². The van der Waals surface area contributed by atoms with Gasteiger partial charge in [-0.3, -0.25) is 4.79 Å². The van der Waals surface area contributed by atoms with Gasteiger partial charge in [0.1, 0.15) is 0 Å². The van der Waals surface area contributed by atoms with Crippen LogP contribution in [0.4, 0.5) is 0 Å². The first-order valence-electron chi connectivity index (χ1n) is 4.44. The van der Waals surface area contributed by atoms with Gasteiger partial charge in [0.15, 0.2) is 0 Å². The van der Waals surface area contributed by atoms with Gasteiger partial charge in [-0.2, -0.15) is 0 Å². The summed E-state index contributed by atoms with van der Waals surface area (Å²) in [6.45, 7) is 1.75. The molecule has 0 unspecified atom stereocenters. The molecular formula is C11H12O4. The summed E-state index contributed by atoms with van der Waals surface area (Å²) in [5, 5.41) is 8.59. The van der Waals surface area contributed by atoms with Crippen LogP contribution in [0.2, 0.25) is 0 Å². The number of hydrogen-bond acceptors (Lipinski definition) is 3. The summed E-state index contributed by atoms with van der Waals surface area (Å²) in [4.78, 5) is 21.7. The largest absolute Gasteiger partial charge is 0.481 e. The number of hydrogen-bond donors (Lipinski definition) is 1. The van der Waals surface area contributed by atoms with Crippen LogP contribution in [0, 0.1) is 6.92 Å². The SMILES string of the molecule is COC(=O)c1ccc(CC(=O)O)cc1C. The third-order valence-electron chi connectivity index (χ3n) is 2.05. The van der Waals surface area contributed by atoms with Crippen LogP contribution < -0.4 is 0 Å². The van der Waals surface area contributed by atoms with E-state index < -0.39 is 11.9 Å². The summed E-state index contributed by atoms with van der Waals surface area (Å²) >= 11 is 0. The van der Waals surface area contributed by atoms with E-state index in [2.05, 4.69) is 4.74 Å². The normalized spacial score (nSPS) is 9.73. The summed E-state index contributed by atoms with van der Waals surface area (Å²) in [6.07, 6.45) is -0.0394. The average Bonchev–Trinajstić information content (AvgIpc) is 2.16. The van der Waals surface area contributed by atoms with E-state index >= 15 is 0 Å². The molecule has 0 bridgehead atoms. The molecule has 0 atom stereocenters. The molecule has 1 aromatic carbocycles. The molecule has 0 aromatic heterocycles. The quantitative estimate of drug-likeness (QED) is 0.763. The summed E-state index contributed by atoms with van der Waals surface area (Å²) < 4.78 is 4.58. The van der Waals surface area contributed by atoms with Crippen molar-refractivity contribution in [3.8, 4) is 0 Å². The molecule has 0 aliphatic carbocycles. The molecule has 0 saturated heterocycles. The van der Waals surface area contributed by atoms with Crippen LogP contribution >= 0.6 is 0 Å². The number of aryl methyl sites for hydroxylation is 1. The van der Waals surface area contributed by atoms with Crippen LogP contribution in [0.1, 0.15) is 21.5 Å². The Kier molecular flexibility index (Phi) is 3.44. The Hall–Kier alpha value is -1.84. The average molecular weight is 208 g/mol. The first-order chi connectivity index (χ1) is 7.04. The molecule has 80 valence electrons. The van der Waals surface area contributed by atoms with Gasteiger partial charge in [0.05, 0.1) is 19.1 Å². The van der Waals surface area contributed by atoms with E-state index in [-0.39, 0.29) is 6.42 Å². The summed E-state index contributed by atoms with van der Waals surface area (Å²) in [7, 11) is 1.31. The third kappa shape index (κ3) is 2.80. The van der Waals surface area contributed by atoms with Crippen LogP contribution in [0.25, 0.3) is 0 Å². The van der Waals surface area contributed by atoms with Gasteiger partial charge in [-0.05, 0) is 24.1 Å². The zero-order valence-corrected chi connectivity index (χ0v) is 8.61. The van der Waals surface area contributed by atoms with Gasteiger partial charge >= 0.3 is 11.9 Å². The van der Waals surface area contributed by atoms with Crippen LogP contribution in [-0.4, -0.2) is 24.2 Å². The minimum atomic E-state index is -0.889. The molecule has 0 amide bonds. The molecule has 0 radical (unpaired) electrons. The molecule has 0 heterocycles. The van der Waals surface area contributed by atoms with E-state index in [0.29, 0.717) is 11.1 Å². The zero-order valence-electron chi connectivity index (χ0n) is 8.61. The number of rotatable bonds is 3. The van der Waals surface area contributed by atoms with Crippen molar-refractivity contribution >= 4 is 11.9 Å². The lowest BCUT2D eigenvalue weighted by Gasteiger charge is -2.05. The maximum absolute atomic E-state index is 11.2. The van der Waals surface area contributed by atoms with E-state index in [9.17, 15) is 9.59 Å². The van der Waals surface area contributed by atoms with Crippen molar-refractivity contribution in [1.82, 2.24) is 0 Å².